The number of nitro benzene ring substituents is 1. The molecule has 10 heteroatoms. The first kappa shape index (κ1) is 20.4. The monoisotopic (exact) mass is 423 g/mol. The lowest BCUT2D eigenvalue weighted by Crippen LogP contribution is -2.35. The molecule has 1 saturated heterocycles. The van der Waals surface area contributed by atoms with E-state index < -0.39 is 14.9 Å². The van der Waals surface area contributed by atoms with E-state index in [4.69, 9.17) is 0 Å². The fourth-order valence-electron chi connectivity index (χ4n) is 3.13. The minimum absolute atomic E-state index is 0.00230. The van der Waals surface area contributed by atoms with Crippen molar-refractivity contribution in [1.82, 2.24) is 4.31 Å². The molecule has 2 aromatic rings. The molecule has 0 aliphatic carbocycles. The number of sulfonamides is 1. The first-order valence-corrected chi connectivity index (χ1v) is 11.2. The van der Waals surface area contributed by atoms with E-state index in [-0.39, 0.29) is 22.2 Å². The average molecular weight is 424 g/mol. The van der Waals surface area contributed by atoms with Crippen molar-refractivity contribution in [3.05, 3.63) is 50.9 Å². The van der Waals surface area contributed by atoms with Crippen LogP contribution in [0.1, 0.15) is 29.7 Å². The topological polar surface area (TPSA) is 110 Å². The molecular formula is C18H21N3O5S2. The molecule has 1 aromatic heterocycles. The van der Waals surface area contributed by atoms with Gasteiger partial charge in [0.05, 0.1) is 22.6 Å². The van der Waals surface area contributed by atoms with Crippen LogP contribution in [0.15, 0.2) is 34.5 Å². The minimum atomic E-state index is -3.51. The molecule has 1 amide bonds. The number of nitro groups is 1. The molecule has 1 aliphatic heterocycles. The van der Waals surface area contributed by atoms with Gasteiger partial charge in [-0.1, -0.05) is 12.5 Å². The average Bonchev–Trinajstić information content (AvgIpc) is 3.13. The van der Waals surface area contributed by atoms with Gasteiger partial charge in [-0.25, -0.2) is 8.42 Å². The number of piperidine rings is 1. The summed E-state index contributed by atoms with van der Waals surface area (Å²) in [5.74, 6) is -0.354. The second kappa shape index (κ2) is 8.38. The Kier molecular flexibility index (Phi) is 6.11. The number of anilines is 1. The zero-order valence-electron chi connectivity index (χ0n) is 15.4. The van der Waals surface area contributed by atoms with E-state index in [1.165, 1.54) is 22.5 Å². The van der Waals surface area contributed by atoms with Crippen molar-refractivity contribution in [2.45, 2.75) is 36.8 Å². The quantitative estimate of drug-likeness (QED) is 0.566. The van der Waals surface area contributed by atoms with E-state index in [1.807, 2.05) is 0 Å². The Morgan fingerprint density at radius 1 is 1.21 bits per heavy atom. The Morgan fingerprint density at radius 3 is 2.61 bits per heavy atom. The molecule has 0 atom stereocenters. The number of thiophene rings is 1. The van der Waals surface area contributed by atoms with Crippen LogP contribution in [-0.4, -0.2) is 36.6 Å². The van der Waals surface area contributed by atoms with Crippen LogP contribution >= 0.6 is 11.3 Å². The maximum absolute atomic E-state index is 12.7. The van der Waals surface area contributed by atoms with Gasteiger partial charge in [-0.15, -0.1) is 11.3 Å². The van der Waals surface area contributed by atoms with Crippen molar-refractivity contribution in [2.24, 2.45) is 0 Å². The van der Waals surface area contributed by atoms with Crippen LogP contribution in [-0.2, 0) is 21.2 Å². The van der Waals surface area contributed by atoms with Crippen molar-refractivity contribution in [3.63, 3.8) is 0 Å². The smallest absolute Gasteiger partial charge is 0.274 e. The lowest BCUT2D eigenvalue weighted by atomic mass is 10.1. The van der Waals surface area contributed by atoms with Gasteiger partial charge in [0.25, 0.3) is 15.7 Å². The zero-order valence-corrected chi connectivity index (χ0v) is 17.0. The molecule has 0 spiro atoms. The van der Waals surface area contributed by atoms with Crippen LogP contribution < -0.4 is 5.32 Å². The summed E-state index contributed by atoms with van der Waals surface area (Å²) in [7, 11) is -3.51. The van der Waals surface area contributed by atoms with Crippen LogP contribution in [0.3, 0.4) is 0 Å². The highest BCUT2D eigenvalue weighted by Crippen LogP contribution is 2.28. The number of amides is 1. The molecule has 2 heterocycles. The van der Waals surface area contributed by atoms with Crippen molar-refractivity contribution in [2.75, 3.05) is 18.4 Å². The van der Waals surface area contributed by atoms with Crippen LogP contribution in [0.5, 0.6) is 0 Å². The van der Waals surface area contributed by atoms with Crippen molar-refractivity contribution in [3.8, 4) is 0 Å². The van der Waals surface area contributed by atoms with Crippen molar-refractivity contribution < 1.29 is 18.1 Å². The summed E-state index contributed by atoms with van der Waals surface area (Å²) < 4.78 is 27.1. The molecule has 28 heavy (non-hydrogen) atoms. The number of nitrogens with zero attached hydrogens (tertiary/aromatic N) is 2. The maximum Gasteiger partial charge on any atom is 0.274 e. The van der Waals surface area contributed by atoms with Gasteiger partial charge in [0.2, 0.25) is 5.91 Å². The van der Waals surface area contributed by atoms with E-state index in [1.54, 1.807) is 19.1 Å². The van der Waals surface area contributed by atoms with Gasteiger partial charge in [-0.05, 0) is 38.0 Å². The normalized spacial score (nSPS) is 15.3. The zero-order chi connectivity index (χ0) is 20.3. The fourth-order valence-corrected chi connectivity index (χ4v) is 6.16. The van der Waals surface area contributed by atoms with E-state index in [0.29, 0.717) is 29.2 Å². The SMILES string of the molecule is Cc1c(NC(=O)Cc2ccc(S(=O)(=O)N3CCCCC3)s2)cccc1[N+](=O)[O-]. The third-order valence-corrected chi connectivity index (χ3v) is 8.11. The summed E-state index contributed by atoms with van der Waals surface area (Å²) in [4.78, 5) is 23.5. The van der Waals surface area contributed by atoms with Crippen molar-refractivity contribution >= 4 is 38.6 Å². The third kappa shape index (κ3) is 4.40. The van der Waals surface area contributed by atoms with Crippen LogP contribution in [0.25, 0.3) is 0 Å². The first-order chi connectivity index (χ1) is 13.3. The van der Waals surface area contributed by atoms with Gasteiger partial charge in [0.1, 0.15) is 4.21 Å². The predicted octanol–water partition coefficient (Wildman–Crippen LogP) is 3.32. The second-order valence-corrected chi connectivity index (χ2v) is 9.95. The van der Waals surface area contributed by atoms with Gasteiger partial charge >= 0.3 is 0 Å². The number of hydrogen-bond donors (Lipinski definition) is 1. The molecular weight excluding hydrogens is 402 g/mol. The molecule has 150 valence electrons. The minimum Gasteiger partial charge on any atom is -0.325 e. The standard InChI is InChI=1S/C18H21N3O5S2/c1-13-15(6-5-7-16(13)21(23)24)19-17(22)12-14-8-9-18(27-14)28(25,26)20-10-3-2-4-11-20/h5-9H,2-4,10-12H2,1H3,(H,19,22). The molecule has 0 bridgehead atoms. The molecule has 0 saturated carbocycles. The van der Waals surface area contributed by atoms with Crippen LogP contribution in [0, 0.1) is 17.0 Å². The highest BCUT2D eigenvalue weighted by atomic mass is 32.2. The number of carbonyl (C=O) groups is 1. The molecule has 0 radical (unpaired) electrons. The van der Waals surface area contributed by atoms with Crippen LogP contribution in [0.2, 0.25) is 0 Å². The van der Waals surface area contributed by atoms with Gasteiger partial charge in [-0.3, -0.25) is 14.9 Å². The van der Waals surface area contributed by atoms with E-state index in [0.717, 1.165) is 30.6 Å². The summed E-state index contributed by atoms with van der Waals surface area (Å²) in [6.07, 6.45) is 2.77. The fraction of sp³-hybridized carbons (Fsp3) is 0.389. The molecule has 0 unspecified atom stereocenters. The first-order valence-electron chi connectivity index (χ1n) is 8.92. The molecule has 1 fully saturated rings. The lowest BCUT2D eigenvalue weighted by Gasteiger charge is -2.25. The Bertz CT molecular complexity index is 994. The number of carbonyl (C=O) groups excluding carboxylic acids is 1. The molecule has 8 nitrogen and oxygen atoms in total. The van der Waals surface area contributed by atoms with E-state index in [2.05, 4.69) is 5.32 Å². The predicted molar refractivity (Wildman–Crippen MR) is 107 cm³/mol. The highest BCUT2D eigenvalue weighted by molar-refractivity contribution is 7.91. The van der Waals surface area contributed by atoms with Gasteiger partial charge in [0.15, 0.2) is 0 Å². The molecule has 1 aliphatic rings. The lowest BCUT2D eigenvalue weighted by molar-refractivity contribution is -0.385. The largest absolute Gasteiger partial charge is 0.325 e. The molecule has 1 N–H and O–H groups in total. The summed E-state index contributed by atoms with van der Waals surface area (Å²) >= 11 is 1.09. The Balaban J connectivity index is 1.69. The molecule has 1 aromatic carbocycles. The van der Waals surface area contributed by atoms with Crippen molar-refractivity contribution in [1.29, 1.82) is 0 Å². The Morgan fingerprint density at radius 2 is 1.93 bits per heavy atom. The number of nitrogens with one attached hydrogen (secondary N) is 1. The summed E-state index contributed by atoms with van der Waals surface area (Å²) in [6.45, 7) is 2.63. The number of hydrogen-bond acceptors (Lipinski definition) is 6. The third-order valence-electron chi connectivity index (χ3n) is 4.66. The van der Waals surface area contributed by atoms with Crippen LogP contribution in [0.4, 0.5) is 11.4 Å². The molecule has 3 rings (SSSR count). The number of rotatable bonds is 6. The van der Waals surface area contributed by atoms with Gasteiger partial charge in [0, 0.05) is 24.0 Å². The maximum atomic E-state index is 12.7. The van der Waals surface area contributed by atoms with Gasteiger partial charge < -0.3 is 5.32 Å². The Hall–Kier alpha value is -2.30. The van der Waals surface area contributed by atoms with Gasteiger partial charge in [-0.2, -0.15) is 4.31 Å². The number of benzene rings is 1. The Labute approximate surface area is 167 Å². The van der Waals surface area contributed by atoms with E-state index in [9.17, 15) is 23.3 Å². The van der Waals surface area contributed by atoms with E-state index >= 15 is 0 Å². The summed E-state index contributed by atoms with van der Waals surface area (Å²) in [5, 5.41) is 13.7. The summed E-state index contributed by atoms with van der Waals surface area (Å²) in [5.41, 5.74) is 0.682. The second-order valence-electron chi connectivity index (χ2n) is 6.62. The highest BCUT2D eigenvalue weighted by Gasteiger charge is 2.27. The summed E-state index contributed by atoms with van der Waals surface area (Å²) in [6, 6.07) is 7.66.